The Morgan fingerprint density at radius 2 is 1.54 bits per heavy atom. The van der Waals surface area contributed by atoms with E-state index in [1.807, 2.05) is 37.3 Å². The first-order valence-electron chi connectivity index (χ1n) is 12.2. The third-order valence-electron chi connectivity index (χ3n) is 5.98. The molecule has 9 heteroatoms. The molecule has 39 heavy (non-hydrogen) atoms. The number of amides is 2. The molecule has 200 valence electrons. The van der Waals surface area contributed by atoms with Gasteiger partial charge in [0.2, 0.25) is 5.91 Å². The summed E-state index contributed by atoms with van der Waals surface area (Å²) < 4.78 is 33.6. The van der Waals surface area contributed by atoms with Crippen LogP contribution in [0.3, 0.4) is 0 Å². The molecule has 0 aliphatic rings. The Hall–Kier alpha value is -4.63. The molecule has 4 aromatic carbocycles. The van der Waals surface area contributed by atoms with E-state index in [1.54, 1.807) is 60.7 Å². The summed E-state index contributed by atoms with van der Waals surface area (Å²) in [6, 6.07) is 28.9. The van der Waals surface area contributed by atoms with Gasteiger partial charge in [-0.05, 0) is 48.9 Å². The number of ether oxygens (including phenoxy) is 1. The quantitative estimate of drug-likeness (QED) is 0.300. The number of para-hydroxylation sites is 1. The van der Waals surface area contributed by atoms with E-state index in [0.29, 0.717) is 12.3 Å². The average Bonchev–Trinajstić information content (AvgIpc) is 2.95. The van der Waals surface area contributed by atoms with Gasteiger partial charge in [-0.2, -0.15) is 0 Å². The Morgan fingerprint density at radius 3 is 2.26 bits per heavy atom. The Bertz CT molecular complexity index is 1560. The van der Waals surface area contributed by atoms with Crippen molar-refractivity contribution < 1.29 is 22.7 Å². The summed E-state index contributed by atoms with van der Waals surface area (Å²) in [7, 11) is -2.63. The summed E-state index contributed by atoms with van der Waals surface area (Å²) in [4.78, 5) is 26.2. The number of rotatable bonds is 10. The minimum atomic E-state index is -4.11. The summed E-state index contributed by atoms with van der Waals surface area (Å²) in [5.41, 5.74) is 2.63. The SMILES string of the molecule is COc1cccc(N(CC(=O)Nc2ccccc2C(=O)NCc2ccccc2)S(=O)(=O)c2ccc(C)cc2)c1. The minimum absolute atomic E-state index is 0.0457. The van der Waals surface area contributed by atoms with E-state index in [1.165, 1.54) is 19.2 Å². The van der Waals surface area contributed by atoms with Gasteiger partial charge in [0.05, 0.1) is 28.9 Å². The first-order valence-corrected chi connectivity index (χ1v) is 13.7. The maximum absolute atomic E-state index is 13.7. The molecule has 2 N–H and O–H groups in total. The van der Waals surface area contributed by atoms with E-state index in [2.05, 4.69) is 10.6 Å². The molecule has 0 aromatic heterocycles. The van der Waals surface area contributed by atoms with Crippen molar-refractivity contribution in [3.8, 4) is 5.75 Å². The van der Waals surface area contributed by atoms with E-state index in [4.69, 9.17) is 4.74 Å². The van der Waals surface area contributed by atoms with Crippen molar-refractivity contribution in [3.63, 3.8) is 0 Å². The van der Waals surface area contributed by atoms with E-state index in [0.717, 1.165) is 15.4 Å². The van der Waals surface area contributed by atoms with Gasteiger partial charge in [-0.15, -0.1) is 0 Å². The van der Waals surface area contributed by atoms with Crippen molar-refractivity contribution in [1.29, 1.82) is 0 Å². The van der Waals surface area contributed by atoms with Crippen molar-refractivity contribution in [2.75, 3.05) is 23.3 Å². The van der Waals surface area contributed by atoms with Crippen LogP contribution < -0.4 is 19.7 Å². The molecule has 4 aromatic rings. The molecule has 0 heterocycles. The Kier molecular flexibility index (Phi) is 8.63. The minimum Gasteiger partial charge on any atom is -0.497 e. The maximum Gasteiger partial charge on any atom is 0.264 e. The molecule has 0 aliphatic heterocycles. The fraction of sp³-hybridized carbons (Fsp3) is 0.133. The normalized spacial score (nSPS) is 10.9. The summed E-state index contributed by atoms with van der Waals surface area (Å²) >= 11 is 0. The van der Waals surface area contributed by atoms with E-state index >= 15 is 0 Å². The molecule has 0 saturated heterocycles. The van der Waals surface area contributed by atoms with E-state index < -0.39 is 22.5 Å². The van der Waals surface area contributed by atoms with Crippen molar-refractivity contribution in [3.05, 3.63) is 120 Å². The van der Waals surface area contributed by atoms with Crippen LogP contribution in [0, 0.1) is 6.92 Å². The number of nitrogens with zero attached hydrogens (tertiary/aromatic N) is 1. The fourth-order valence-electron chi connectivity index (χ4n) is 3.90. The average molecular weight is 544 g/mol. The van der Waals surface area contributed by atoms with Gasteiger partial charge in [0.25, 0.3) is 15.9 Å². The Balaban J connectivity index is 1.58. The van der Waals surface area contributed by atoms with Gasteiger partial charge in [-0.25, -0.2) is 8.42 Å². The molecule has 0 bridgehead atoms. The second-order valence-electron chi connectivity index (χ2n) is 8.79. The summed E-state index contributed by atoms with van der Waals surface area (Å²) in [5.74, 6) is -0.541. The van der Waals surface area contributed by atoms with Gasteiger partial charge >= 0.3 is 0 Å². The van der Waals surface area contributed by atoms with Crippen molar-refractivity contribution in [2.24, 2.45) is 0 Å². The van der Waals surface area contributed by atoms with Crippen LogP contribution in [0.25, 0.3) is 0 Å². The van der Waals surface area contributed by atoms with Crippen LogP contribution in [-0.4, -0.2) is 33.9 Å². The lowest BCUT2D eigenvalue weighted by atomic mass is 10.1. The highest BCUT2D eigenvalue weighted by atomic mass is 32.2. The Morgan fingerprint density at radius 1 is 0.846 bits per heavy atom. The molecule has 0 aliphatic carbocycles. The summed E-state index contributed by atoms with van der Waals surface area (Å²) in [6.45, 7) is 1.65. The smallest absolute Gasteiger partial charge is 0.264 e. The molecular weight excluding hydrogens is 514 g/mol. The standard InChI is InChI=1S/C30H29N3O5S/c1-22-15-17-26(18-16-22)39(36,37)33(24-11-8-12-25(19-24)38-2)21-29(34)32-28-14-7-6-13-27(28)30(35)31-20-23-9-4-3-5-10-23/h3-19H,20-21H2,1-2H3,(H,31,35)(H,32,34). The van der Waals surface area contributed by atoms with Gasteiger partial charge in [-0.3, -0.25) is 13.9 Å². The first kappa shape index (κ1) is 27.4. The Labute approximate surface area is 228 Å². The molecular formula is C30H29N3O5S. The molecule has 0 fully saturated rings. The molecule has 2 amide bonds. The lowest BCUT2D eigenvalue weighted by molar-refractivity contribution is -0.114. The number of carbonyl (C=O) groups is 2. The lowest BCUT2D eigenvalue weighted by Gasteiger charge is -2.24. The number of anilines is 2. The van der Waals surface area contributed by atoms with Crippen molar-refractivity contribution in [2.45, 2.75) is 18.4 Å². The van der Waals surface area contributed by atoms with Crippen LogP contribution in [0.5, 0.6) is 5.75 Å². The van der Waals surface area contributed by atoms with Crippen LogP contribution in [0.15, 0.2) is 108 Å². The van der Waals surface area contributed by atoms with E-state index in [9.17, 15) is 18.0 Å². The molecule has 0 saturated carbocycles. The van der Waals surface area contributed by atoms with Crippen LogP contribution in [0.1, 0.15) is 21.5 Å². The second kappa shape index (κ2) is 12.3. The predicted molar refractivity (Wildman–Crippen MR) is 151 cm³/mol. The molecule has 0 unspecified atom stereocenters. The summed E-state index contributed by atoms with van der Waals surface area (Å²) in [6.07, 6.45) is 0. The van der Waals surface area contributed by atoms with Crippen LogP contribution in [-0.2, 0) is 21.4 Å². The molecule has 0 spiro atoms. The van der Waals surface area contributed by atoms with Crippen molar-refractivity contribution >= 4 is 33.2 Å². The highest BCUT2D eigenvalue weighted by Gasteiger charge is 2.28. The van der Waals surface area contributed by atoms with Gasteiger partial charge in [0.1, 0.15) is 12.3 Å². The van der Waals surface area contributed by atoms with Gasteiger partial charge in [-0.1, -0.05) is 66.2 Å². The molecule has 8 nitrogen and oxygen atoms in total. The second-order valence-corrected chi connectivity index (χ2v) is 10.7. The van der Waals surface area contributed by atoms with Crippen molar-refractivity contribution in [1.82, 2.24) is 5.32 Å². The molecule has 0 radical (unpaired) electrons. The van der Waals surface area contributed by atoms with Crippen LogP contribution >= 0.6 is 0 Å². The lowest BCUT2D eigenvalue weighted by Crippen LogP contribution is -2.38. The fourth-order valence-corrected chi connectivity index (χ4v) is 5.31. The van der Waals surface area contributed by atoms with Gasteiger partial charge < -0.3 is 15.4 Å². The van der Waals surface area contributed by atoms with Crippen LogP contribution in [0.2, 0.25) is 0 Å². The number of hydrogen-bond donors (Lipinski definition) is 2. The largest absolute Gasteiger partial charge is 0.497 e. The highest BCUT2D eigenvalue weighted by Crippen LogP contribution is 2.27. The number of carbonyl (C=O) groups excluding carboxylic acids is 2. The zero-order valence-corrected chi connectivity index (χ0v) is 22.4. The number of sulfonamides is 1. The third-order valence-corrected chi connectivity index (χ3v) is 7.77. The number of benzene rings is 4. The topological polar surface area (TPSA) is 105 Å². The highest BCUT2D eigenvalue weighted by molar-refractivity contribution is 7.92. The molecule has 4 rings (SSSR count). The first-order chi connectivity index (χ1) is 18.8. The third kappa shape index (κ3) is 6.82. The monoisotopic (exact) mass is 543 g/mol. The zero-order valence-electron chi connectivity index (χ0n) is 21.6. The van der Waals surface area contributed by atoms with Crippen LogP contribution in [0.4, 0.5) is 11.4 Å². The number of nitrogens with one attached hydrogen (secondary N) is 2. The number of hydrogen-bond acceptors (Lipinski definition) is 5. The maximum atomic E-state index is 13.7. The van der Waals surface area contributed by atoms with Gasteiger partial charge in [0, 0.05) is 12.6 Å². The van der Waals surface area contributed by atoms with E-state index in [-0.39, 0.29) is 27.7 Å². The number of methoxy groups -OCH3 is 1. The zero-order chi connectivity index (χ0) is 27.8. The molecule has 0 atom stereocenters. The number of aryl methyl sites for hydroxylation is 1. The predicted octanol–water partition coefficient (Wildman–Crippen LogP) is 4.77. The van der Waals surface area contributed by atoms with Gasteiger partial charge in [0.15, 0.2) is 0 Å². The summed E-state index contributed by atoms with van der Waals surface area (Å²) in [5, 5.41) is 5.56.